The number of carbonyl (C=O) groups is 2. The average Bonchev–Trinajstić information content (AvgIpc) is 3.32. The van der Waals surface area contributed by atoms with Crippen molar-refractivity contribution in [1.82, 2.24) is 15.1 Å². The van der Waals surface area contributed by atoms with E-state index in [-0.39, 0.29) is 11.8 Å². The van der Waals surface area contributed by atoms with E-state index in [1.807, 2.05) is 4.90 Å². The highest BCUT2D eigenvalue weighted by Crippen LogP contribution is 2.21. The van der Waals surface area contributed by atoms with Gasteiger partial charge in [-0.3, -0.25) is 14.5 Å². The molecule has 5 nitrogen and oxygen atoms in total. The van der Waals surface area contributed by atoms with Crippen LogP contribution in [-0.2, 0) is 9.59 Å². The van der Waals surface area contributed by atoms with Crippen LogP contribution in [0.5, 0.6) is 0 Å². The summed E-state index contributed by atoms with van der Waals surface area (Å²) in [5.74, 6) is 0.621. The van der Waals surface area contributed by atoms with Crippen molar-refractivity contribution in [2.75, 3.05) is 32.7 Å². The highest BCUT2D eigenvalue weighted by Gasteiger charge is 2.29. The summed E-state index contributed by atoms with van der Waals surface area (Å²) in [6.07, 6.45) is 9.46. The lowest BCUT2D eigenvalue weighted by Crippen LogP contribution is -2.52. The summed E-state index contributed by atoms with van der Waals surface area (Å²) in [7, 11) is 0. The predicted molar refractivity (Wildman–Crippen MR) is 80.7 cm³/mol. The molecule has 1 saturated heterocycles. The zero-order chi connectivity index (χ0) is 14.7. The second kappa shape index (κ2) is 6.60. The van der Waals surface area contributed by atoms with Crippen molar-refractivity contribution in [1.29, 1.82) is 0 Å². The second-order valence-electron chi connectivity index (χ2n) is 6.42. The molecule has 0 spiro atoms. The molecular weight excluding hydrogens is 266 g/mol. The molecule has 1 unspecified atom stereocenters. The summed E-state index contributed by atoms with van der Waals surface area (Å²) in [6, 6.07) is 0.430. The maximum absolute atomic E-state index is 12.4. The van der Waals surface area contributed by atoms with E-state index in [2.05, 4.69) is 22.4 Å². The molecule has 3 aliphatic rings. The van der Waals surface area contributed by atoms with Gasteiger partial charge in [0.15, 0.2) is 0 Å². The Hall–Kier alpha value is -1.36. The summed E-state index contributed by atoms with van der Waals surface area (Å²) in [5.41, 5.74) is 0. The molecule has 116 valence electrons. The van der Waals surface area contributed by atoms with Gasteiger partial charge in [-0.25, -0.2) is 0 Å². The fourth-order valence-corrected chi connectivity index (χ4v) is 3.11. The summed E-state index contributed by atoms with van der Waals surface area (Å²) >= 11 is 0. The second-order valence-corrected chi connectivity index (χ2v) is 6.42. The van der Waals surface area contributed by atoms with Crippen LogP contribution in [0.25, 0.3) is 0 Å². The Balaban J connectivity index is 1.40. The van der Waals surface area contributed by atoms with Crippen LogP contribution in [-0.4, -0.2) is 60.4 Å². The van der Waals surface area contributed by atoms with E-state index >= 15 is 0 Å². The Morgan fingerprint density at radius 1 is 1.05 bits per heavy atom. The van der Waals surface area contributed by atoms with Crippen LogP contribution in [0.3, 0.4) is 0 Å². The van der Waals surface area contributed by atoms with E-state index in [4.69, 9.17) is 0 Å². The Kier molecular flexibility index (Phi) is 4.58. The monoisotopic (exact) mass is 291 g/mol. The molecule has 0 radical (unpaired) electrons. The molecular formula is C16H25N3O2. The number of amides is 2. The average molecular weight is 291 g/mol. The van der Waals surface area contributed by atoms with Gasteiger partial charge in [-0.15, -0.1) is 0 Å². The topological polar surface area (TPSA) is 52.7 Å². The van der Waals surface area contributed by atoms with Gasteiger partial charge in [0.2, 0.25) is 11.8 Å². The van der Waals surface area contributed by atoms with Crippen molar-refractivity contribution in [3.63, 3.8) is 0 Å². The number of rotatable bonds is 4. The lowest BCUT2D eigenvalue weighted by atomic mass is 9.93. The molecule has 1 heterocycles. The van der Waals surface area contributed by atoms with Gasteiger partial charge >= 0.3 is 0 Å². The standard InChI is InChI=1S/C16H25N3O2/c20-15(17-14-6-7-14)12-18-8-10-19(11-9-18)16(21)13-4-2-1-3-5-13/h1-2,13-14H,3-12H2,(H,17,20). The number of carbonyl (C=O) groups excluding carboxylic acids is 2. The predicted octanol–water partition coefficient (Wildman–Crippen LogP) is 0.766. The highest BCUT2D eigenvalue weighted by molar-refractivity contribution is 5.80. The summed E-state index contributed by atoms with van der Waals surface area (Å²) in [4.78, 5) is 28.4. The van der Waals surface area contributed by atoms with Crippen LogP contribution in [0.2, 0.25) is 0 Å². The lowest BCUT2D eigenvalue weighted by Gasteiger charge is -2.36. The Bertz CT molecular complexity index is 423. The zero-order valence-electron chi connectivity index (χ0n) is 12.6. The highest BCUT2D eigenvalue weighted by atomic mass is 16.2. The molecule has 0 aromatic rings. The van der Waals surface area contributed by atoms with Gasteiger partial charge in [0.1, 0.15) is 0 Å². The van der Waals surface area contributed by atoms with E-state index < -0.39 is 0 Å². The summed E-state index contributed by atoms with van der Waals surface area (Å²) < 4.78 is 0. The van der Waals surface area contributed by atoms with Crippen LogP contribution in [0.15, 0.2) is 12.2 Å². The van der Waals surface area contributed by atoms with E-state index in [1.165, 1.54) is 0 Å². The van der Waals surface area contributed by atoms with Crippen LogP contribution < -0.4 is 5.32 Å². The van der Waals surface area contributed by atoms with E-state index in [1.54, 1.807) is 0 Å². The maximum Gasteiger partial charge on any atom is 0.234 e. The van der Waals surface area contributed by atoms with Gasteiger partial charge in [0.25, 0.3) is 0 Å². The van der Waals surface area contributed by atoms with Gasteiger partial charge in [0.05, 0.1) is 6.54 Å². The van der Waals surface area contributed by atoms with Crippen molar-refractivity contribution in [3.05, 3.63) is 12.2 Å². The van der Waals surface area contributed by atoms with Crippen molar-refractivity contribution < 1.29 is 9.59 Å². The SMILES string of the molecule is O=C(CN1CCN(C(=O)C2CC=CCC2)CC1)NC1CC1. The molecule has 1 saturated carbocycles. The van der Waals surface area contributed by atoms with Crippen LogP contribution in [0.4, 0.5) is 0 Å². The zero-order valence-corrected chi connectivity index (χ0v) is 12.6. The Morgan fingerprint density at radius 2 is 1.81 bits per heavy atom. The number of nitrogens with zero attached hydrogens (tertiary/aromatic N) is 2. The van der Waals surface area contributed by atoms with Crippen LogP contribution in [0, 0.1) is 5.92 Å². The molecule has 5 heteroatoms. The Morgan fingerprint density at radius 3 is 2.43 bits per heavy atom. The lowest BCUT2D eigenvalue weighted by molar-refractivity contribution is -0.137. The minimum absolute atomic E-state index is 0.134. The molecule has 1 aliphatic heterocycles. The molecule has 3 rings (SSSR count). The Labute approximate surface area is 126 Å². The largest absolute Gasteiger partial charge is 0.352 e. The van der Waals surface area contributed by atoms with Gasteiger partial charge in [0, 0.05) is 38.1 Å². The van der Waals surface area contributed by atoms with Crippen LogP contribution in [0.1, 0.15) is 32.1 Å². The minimum atomic E-state index is 0.134. The van der Waals surface area contributed by atoms with Crippen molar-refractivity contribution in [3.8, 4) is 0 Å². The molecule has 21 heavy (non-hydrogen) atoms. The number of nitrogens with one attached hydrogen (secondary N) is 1. The van der Waals surface area contributed by atoms with Crippen molar-refractivity contribution >= 4 is 11.8 Å². The first-order valence-corrected chi connectivity index (χ1v) is 8.18. The summed E-state index contributed by atoms with van der Waals surface area (Å²) in [6.45, 7) is 3.62. The molecule has 2 aliphatic carbocycles. The quantitative estimate of drug-likeness (QED) is 0.778. The number of allylic oxidation sites excluding steroid dienone is 2. The minimum Gasteiger partial charge on any atom is -0.352 e. The first-order valence-electron chi connectivity index (χ1n) is 8.18. The molecule has 1 atom stereocenters. The maximum atomic E-state index is 12.4. The van der Waals surface area contributed by atoms with Gasteiger partial charge < -0.3 is 10.2 Å². The fourth-order valence-electron chi connectivity index (χ4n) is 3.11. The van der Waals surface area contributed by atoms with Crippen molar-refractivity contribution in [2.24, 2.45) is 5.92 Å². The van der Waals surface area contributed by atoms with Crippen molar-refractivity contribution in [2.45, 2.75) is 38.1 Å². The molecule has 2 fully saturated rings. The molecule has 1 N–H and O–H groups in total. The first kappa shape index (κ1) is 14.6. The molecule has 2 amide bonds. The molecule has 0 aromatic carbocycles. The van der Waals surface area contributed by atoms with Gasteiger partial charge in [-0.2, -0.15) is 0 Å². The van der Waals surface area contributed by atoms with E-state index in [9.17, 15) is 9.59 Å². The van der Waals surface area contributed by atoms with E-state index in [0.29, 0.717) is 18.5 Å². The molecule has 0 bridgehead atoms. The number of piperazine rings is 1. The van der Waals surface area contributed by atoms with Crippen LogP contribution >= 0.6 is 0 Å². The third kappa shape index (κ3) is 4.06. The number of hydrogen-bond acceptors (Lipinski definition) is 3. The first-order chi connectivity index (χ1) is 10.2. The fraction of sp³-hybridized carbons (Fsp3) is 0.750. The smallest absolute Gasteiger partial charge is 0.234 e. The van der Waals surface area contributed by atoms with Gasteiger partial charge in [-0.05, 0) is 32.1 Å². The van der Waals surface area contributed by atoms with E-state index in [0.717, 1.165) is 58.3 Å². The third-order valence-corrected chi connectivity index (χ3v) is 4.61. The summed E-state index contributed by atoms with van der Waals surface area (Å²) in [5, 5.41) is 3.02. The van der Waals surface area contributed by atoms with Gasteiger partial charge in [-0.1, -0.05) is 12.2 Å². The normalized spacial score (nSPS) is 26.7. The number of hydrogen-bond donors (Lipinski definition) is 1. The third-order valence-electron chi connectivity index (χ3n) is 4.61. The molecule has 0 aromatic heterocycles.